The first-order valence-corrected chi connectivity index (χ1v) is 6.88. The van der Waals surface area contributed by atoms with Crippen LogP contribution < -0.4 is 10.5 Å². The van der Waals surface area contributed by atoms with Gasteiger partial charge < -0.3 is 15.7 Å². The topological polar surface area (TPSA) is 67.8 Å². The number of ether oxygens (including phenoxy) is 1. The van der Waals surface area contributed by atoms with Crippen LogP contribution in [0.2, 0.25) is 0 Å². The molecular formula is C17H20N2O2. The number of hydrogen-bond acceptors (Lipinski definition) is 3. The fourth-order valence-electron chi connectivity index (χ4n) is 2.08. The molecular weight excluding hydrogens is 264 g/mol. The lowest BCUT2D eigenvalue weighted by molar-refractivity contribution is 0.318. The van der Waals surface area contributed by atoms with Gasteiger partial charge in [-0.25, -0.2) is 0 Å². The maximum atomic E-state index is 8.87. The third-order valence-corrected chi connectivity index (χ3v) is 3.36. The molecule has 21 heavy (non-hydrogen) atoms. The van der Waals surface area contributed by atoms with E-state index in [0.29, 0.717) is 17.2 Å². The molecule has 0 aliphatic rings. The molecule has 0 spiro atoms. The van der Waals surface area contributed by atoms with Crippen molar-refractivity contribution in [2.45, 2.75) is 26.7 Å². The predicted molar refractivity (Wildman–Crippen MR) is 84.3 cm³/mol. The smallest absolute Gasteiger partial charge is 0.173 e. The van der Waals surface area contributed by atoms with Crippen LogP contribution in [0, 0.1) is 6.92 Å². The normalized spacial score (nSPS) is 11.7. The molecule has 0 saturated carbocycles. The average Bonchev–Trinajstić information content (AvgIpc) is 2.49. The minimum atomic E-state index is 0.0347. The Morgan fingerprint density at radius 1 is 1.14 bits per heavy atom. The van der Waals surface area contributed by atoms with Gasteiger partial charge in [-0.15, -0.1) is 0 Å². The van der Waals surface area contributed by atoms with E-state index in [-0.39, 0.29) is 5.84 Å². The molecule has 2 aromatic rings. The van der Waals surface area contributed by atoms with E-state index in [9.17, 15) is 0 Å². The average molecular weight is 284 g/mol. The van der Waals surface area contributed by atoms with Gasteiger partial charge in [-0.05, 0) is 42.2 Å². The van der Waals surface area contributed by atoms with Crippen molar-refractivity contribution in [1.29, 1.82) is 0 Å². The van der Waals surface area contributed by atoms with Gasteiger partial charge >= 0.3 is 0 Å². The first-order valence-electron chi connectivity index (χ1n) is 6.88. The number of oxime groups is 1. The number of amidine groups is 1. The van der Waals surface area contributed by atoms with Gasteiger partial charge in [0, 0.05) is 0 Å². The summed E-state index contributed by atoms with van der Waals surface area (Å²) in [6.07, 6.45) is 0. The Morgan fingerprint density at radius 2 is 1.81 bits per heavy atom. The van der Waals surface area contributed by atoms with E-state index in [2.05, 4.69) is 19.0 Å². The lowest BCUT2D eigenvalue weighted by Gasteiger charge is -2.14. The quantitative estimate of drug-likeness (QED) is 0.386. The highest BCUT2D eigenvalue weighted by Gasteiger charge is 2.12. The van der Waals surface area contributed by atoms with Crippen LogP contribution in [0.1, 0.15) is 36.5 Å². The van der Waals surface area contributed by atoms with Crippen molar-refractivity contribution in [2.24, 2.45) is 10.9 Å². The lowest BCUT2D eigenvalue weighted by atomic mass is 10.0. The zero-order chi connectivity index (χ0) is 15.4. The minimum Gasteiger partial charge on any atom is -0.456 e. The molecule has 0 aromatic heterocycles. The number of nitrogens with zero attached hydrogens (tertiary/aromatic N) is 1. The Bertz CT molecular complexity index is 646. The molecule has 0 unspecified atom stereocenters. The highest BCUT2D eigenvalue weighted by atomic mass is 16.5. The molecule has 2 aromatic carbocycles. The highest BCUT2D eigenvalue weighted by molar-refractivity contribution is 6.00. The second kappa shape index (κ2) is 6.31. The third-order valence-electron chi connectivity index (χ3n) is 3.36. The van der Waals surface area contributed by atoms with Gasteiger partial charge in [0.15, 0.2) is 5.84 Å². The standard InChI is InChI=1S/C17H20N2O2/c1-11(2)13-7-9-14(10-8-13)21-16-12(3)5-4-6-15(16)17(18)19-20/h4-11,20H,1-3H3,(H2,18,19). The van der Waals surface area contributed by atoms with Crippen molar-refractivity contribution in [3.8, 4) is 11.5 Å². The van der Waals surface area contributed by atoms with E-state index in [1.54, 1.807) is 6.07 Å². The summed E-state index contributed by atoms with van der Waals surface area (Å²) < 4.78 is 5.93. The Balaban J connectivity index is 2.35. The number of benzene rings is 2. The number of hydrogen-bond donors (Lipinski definition) is 2. The summed E-state index contributed by atoms with van der Waals surface area (Å²) >= 11 is 0. The van der Waals surface area contributed by atoms with Crippen LogP contribution in [0.4, 0.5) is 0 Å². The van der Waals surface area contributed by atoms with Crippen molar-refractivity contribution < 1.29 is 9.94 Å². The zero-order valence-electron chi connectivity index (χ0n) is 12.5. The summed E-state index contributed by atoms with van der Waals surface area (Å²) in [7, 11) is 0. The first kappa shape index (κ1) is 14.9. The summed E-state index contributed by atoms with van der Waals surface area (Å²) in [5.74, 6) is 1.84. The predicted octanol–water partition coefficient (Wildman–Crippen LogP) is 4.01. The van der Waals surface area contributed by atoms with Crippen LogP contribution in [0.5, 0.6) is 11.5 Å². The van der Waals surface area contributed by atoms with Crippen LogP contribution in [0.15, 0.2) is 47.6 Å². The Labute approximate surface area is 124 Å². The summed E-state index contributed by atoms with van der Waals surface area (Å²) in [6.45, 7) is 6.22. The molecule has 0 fully saturated rings. The van der Waals surface area contributed by atoms with Crippen LogP contribution in [0.25, 0.3) is 0 Å². The summed E-state index contributed by atoms with van der Waals surface area (Å²) in [5.41, 5.74) is 8.45. The second-order valence-electron chi connectivity index (χ2n) is 5.26. The fourth-order valence-corrected chi connectivity index (χ4v) is 2.08. The van der Waals surface area contributed by atoms with Crippen LogP contribution >= 0.6 is 0 Å². The SMILES string of the molecule is Cc1cccc(/C(N)=N/O)c1Oc1ccc(C(C)C)cc1. The summed E-state index contributed by atoms with van der Waals surface area (Å²) in [4.78, 5) is 0. The van der Waals surface area contributed by atoms with Crippen molar-refractivity contribution in [1.82, 2.24) is 0 Å². The van der Waals surface area contributed by atoms with E-state index in [1.807, 2.05) is 43.3 Å². The molecule has 4 nitrogen and oxygen atoms in total. The number of para-hydroxylation sites is 1. The molecule has 0 atom stereocenters. The molecule has 0 aliphatic heterocycles. The van der Waals surface area contributed by atoms with Crippen molar-refractivity contribution in [3.63, 3.8) is 0 Å². The fraction of sp³-hybridized carbons (Fsp3) is 0.235. The van der Waals surface area contributed by atoms with E-state index >= 15 is 0 Å². The maximum absolute atomic E-state index is 8.87. The number of aryl methyl sites for hydroxylation is 1. The summed E-state index contributed by atoms with van der Waals surface area (Å²) in [5, 5.41) is 11.9. The van der Waals surface area contributed by atoms with E-state index < -0.39 is 0 Å². The molecule has 3 N–H and O–H groups in total. The van der Waals surface area contributed by atoms with E-state index in [1.165, 1.54) is 5.56 Å². The highest BCUT2D eigenvalue weighted by Crippen LogP contribution is 2.29. The van der Waals surface area contributed by atoms with Gasteiger partial charge in [-0.2, -0.15) is 0 Å². The molecule has 2 rings (SSSR count). The van der Waals surface area contributed by atoms with Gasteiger partial charge in [0.25, 0.3) is 0 Å². The largest absolute Gasteiger partial charge is 0.456 e. The van der Waals surface area contributed by atoms with Gasteiger partial charge in [-0.1, -0.05) is 43.3 Å². The zero-order valence-corrected chi connectivity index (χ0v) is 12.5. The van der Waals surface area contributed by atoms with Gasteiger partial charge in [0.2, 0.25) is 0 Å². The van der Waals surface area contributed by atoms with Crippen molar-refractivity contribution in [2.75, 3.05) is 0 Å². The monoisotopic (exact) mass is 284 g/mol. The minimum absolute atomic E-state index is 0.0347. The molecule has 110 valence electrons. The molecule has 0 aliphatic carbocycles. The number of rotatable bonds is 4. The van der Waals surface area contributed by atoms with E-state index in [4.69, 9.17) is 15.7 Å². The molecule has 0 bridgehead atoms. The Morgan fingerprint density at radius 3 is 2.38 bits per heavy atom. The Hall–Kier alpha value is -2.49. The van der Waals surface area contributed by atoms with Gasteiger partial charge in [0.05, 0.1) is 5.56 Å². The molecule has 0 radical (unpaired) electrons. The maximum Gasteiger partial charge on any atom is 0.173 e. The van der Waals surface area contributed by atoms with Gasteiger partial charge in [-0.3, -0.25) is 0 Å². The Kier molecular flexibility index (Phi) is 4.48. The molecule has 0 heterocycles. The van der Waals surface area contributed by atoms with Crippen molar-refractivity contribution in [3.05, 3.63) is 59.2 Å². The van der Waals surface area contributed by atoms with Crippen molar-refractivity contribution >= 4 is 5.84 Å². The molecule has 0 amide bonds. The molecule has 4 heteroatoms. The first-order chi connectivity index (χ1) is 10.0. The van der Waals surface area contributed by atoms with Crippen LogP contribution in [-0.2, 0) is 0 Å². The van der Waals surface area contributed by atoms with Gasteiger partial charge in [0.1, 0.15) is 11.5 Å². The second-order valence-corrected chi connectivity index (χ2v) is 5.26. The van der Waals surface area contributed by atoms with E-state index in [0.717, 1.165) is 11.3 Å². The summed E-state index contributed by atoms with van der Waals surface area (Å²) in [6, 6.07) is 13.5. The van der Waals surface area contributed by atoms with Crippen LogP contribution in [0.3, 0.4) is 0 Å². The molecule has 0 saturated heterocycles. The third kappa shape index (κ3) is 3.34. The lowest BCUT2D eigenvalue weighted by Crippen LogP contribution is -2.14. The van der Waals surface area contributed by atoms with Crippen LogP contribution in [-0.4, -0.2) is 11.0 Å². The number of nitrogens with two attached hydrogens (primary N) is 1.